The third-order valence-electron chi connectivity index (χ3n) is 6.06. The maximum Gasteiger partial charge on any atom is 0.329 e. The SMILES string of the molecule is COc1cccc(C(=O)NC2CCN(C(=O)N3c4ccccc4Sc4ccccc43)CC2)c1. The molecule has 2 aliphatic heterocycles. The Morgan fingerprint density at radius 3 is 2.18 bits per heavy atom. The van der Waals surface area contributed by atoms with Crippen molar-refractivity contribution in [3.8, 4) is 5.75 Å². The number of anilines is 2. The lowest BCUT2D eigenvalue weighted by atomic mass is 10.0. The van der Waals surface area contributed by atoms with Gasteiger partial charge in [0.15, 0.2) is 0 Å². The second kappa shape index (κ2) is 9.19. The average Bonchev–Trinajstić information content (AvgIpc) is 2.87. The van der Waals surface area contributed by atoms with Gasteiger partial charge >= 0.3 is 6.03 Å². The van der Waals surface area contributed by atoms with Crippen LogP contribution in [0.2, 0.25) is 0 Å². The first-order chi connectivity index (χ1) is 16.1. The number of piperidine rings is 1. The van der Waals surface area contributed by atoms with Gasteiger partial charge in [0.2, 0.25) is 0 Å². The number of rotatable bonds is 3. The van der Waals surface area contributed by atoms with E-state index in [0.717, 1.165) is 21.2 Å². The highest BCUT2D eigenvalue weighted by Crippen LogP contribution is 2.48. The molecule has 0 spiro atoms. The fraction of sp³-hybridized carbons (Fsp3) is 0.231. The zero-order valence-corrected chi connectivity index (χ0v) is 19.2. The molecule has 1 N–H and O–H groups in total. The smallest absolute Gasteiger partial charge is 0.329 e. The quantitative estimate of drug-likeness (QED) is 0.576. The molecule has 2 aliphatic rings. The Bertz CT molecular complexity index is 1150. The van der Waals surface area contributed by atoms with Crippen molar-refractivity contribution in [2.45, 2.75) is 28.7 Å². The average molecular weight is 460 g/mol. The Balaban J connectivity index is 1.27. The minimum Gasteiger partial charge on any atom is -0.497 e. The highest BCUT2D eigenvalue weighted by atomic mass is 32.2. The van der Waals surface area contributed by atoms with E-state index in [1.165, 1.54) is 0 Å². The molecule has 168 valence electrons. The van der Waals surface area contributed by atoms with Crippen molar-refractivity contribution in [2.75, 3.05) is 25.1 Å². The minimum atomic E-state index is -0.116. The maximum atomic E-state index is 13.6. The number of carbonyl (C=O) groups is 2. The van der Waals surface area contributed by atoms with Gasteiger partial charge in [0.05, 0.1) is 18.5 Å². The molecule has 0 radical (unpaired) electrons. The maximum absolute atomic E-state index is 13.6. The molecule has 6 nitrogen and oxygen atoms in total. The molecule has 33 heavy (non-hydrogen) atoms. The van der Waals surface area contributed by atoms with Gasteiger partial charge in [-0.3, -0.25) is 9.69 Å². The third kappa shape index (κ3) is 4.28. The summed E-state index contributed by atoms with van der Waals surface area (Å²) in [5.74, 6) is 0.540. The summed E-state index contributed by atoms with van der Waals surface area (Å²) in [7, 11) is 1.58. The lowest BCUT2D eigenvalue weighted by Gasteiger charge is -2.38. The first-order valence-electron chi connectivity index (χ1n) is 11.0. The topological polar surface area (TPSA) is 61.9 Å². The highest BCUT2D eigenvalue weighted by Gasteiger charge is 2.33. The summed E-state index contributed by atoms with van der Waals surface area (Å²) >= 11 is 1.69. The van der Waals surface area contributed by atoms with E-state index in [1.807, 2.05) is 58.3 Å². The molecule has 0 bridgehead atoms. The zero-order chi connectivity index (χ0) is 22.8. The van der Waals surface area contributed by atoms with Crippen LogP contribution in [0.25, 0.3) is 0 Å². The van der Waals surface area contributed by atoms with E-state index in [-0.39, 0.29) is 18.0 Å². The van der Waals surface area contributed by atoms with Gasteiger partial charge in [0.25, 0.3) is 5.91 Å². The second-order valence-electron chi connectivity index (χ2n) is 8.12. The van der Waals surface area contributed by atoms with E-state index in [0.29, 0.717) is 37.2 Å². The highest BCUT2D eigenvalue weighted by molar-refractivity contribution is 7.99. The van der Waals surface area contributed by atoms with E-state index in [2.05, 4.69) is 17.4 Å². The Morgan fingerprint density at radius 1 is 0.909 bits per heavy atom. The summed E-state index contributed by atoms with van der Waals surface area (Å²) in [5.41, 5.74) is 2.41. The van der Waals surface area contributed by atoms with Crippen molar-refractivity contribution >= 4 is 35.1 Å². The molecule has 3 aromatic carbocycles. The van der Waals surface area contributed by atoms with E-state index in [9.17, 15) is 9.59 Å². The van der Waals surface area contributed by atoms with Crippen molar-refractivity contribution in [1.29, 1.82) is 0 Å². The van der Waals surface area contributed by atoms with Gasteiger partial charge in [0, 0.05) is 34.5 Å². The number of urea groups is 1. The number of hydrogen-bond acceptors (Lipinski definition) is 4. The zero-order valence-electron chi connectivity index (χ0n) is 18.4. The molecule has 0 saturated carbocycles. The van der Waals surface area contributed by atoms with Gasteiger partial charge < -0.3 is 15.0 Å². The molecule has 1 saturated heterocycles. The molecule has 0 unspecified atom stereocenters. The first kappa shape index (κ1) is 21.4. The molecule has 0 atom stereocenters. The van der Waals surface area contributed by atoms with Crippen molar-refractivity contribution in [3.63, 3.8) is 0 Å². The molecule has 0 aromatic heterocycles. The van der Waals surface area contributed by atoms with Gasteiger partial charge in [-0.15, -0.1) is 0 Å². The fourth-order valence-corrected chi connectivity index (χ4v) is 5.36. The van der Waals surface area contributed by atoms with E-state index >= 15 is 0 Å². The normalized spacial score (nSPS) is 15.4. The number of nitrogens with zero attached hydrogens (tertiary/aromatic N) is 2. The van der Waals surface area contributed by atoms with Crippen LogP contribution < -0.4 is 15.0 Å². The largest absolute Gasteiger partial charge is 0.497 e. The Kier molecular flexibility index (Phi) is 5.96. The number of para-hydroxylation sites is 2. The molecule has 0 aliphatic carbocycles. The van der Waals surface area contributed by atoms with Crippen LogP contribution in [0.4, 0.5) is 16.2 Å². The van der Waals surface area contributed by atoms with E-state index in [4.69, 9.17) is 4.74 Å². The lowest BCUT2D eigenvalue weighted by molar-refractivity contribution is 0.0918. The standard InChI is InChI=1S/C26H25N3O3S/c1-32-20-8-6-7-18(17-20)25(30)27-19-13-15-28(16-14-19)26(31)29-21-9-2-4-11-23(21)33-24-12-5-3-10-22(24)29/h2-12,17,19H,13-16H2,1H3,(H,27,30). The number of fused-ring (bicyclic) bond motifs is 2. The van der Waals surface area contributed by atoms with Crippen molar-refractivity contribution in [2.24, 2.45) is 0 Å². The predicted octanol–water partition coefficient (Wildman–Crippen LogP) is 5.31. The molecular formula is C26H25N3O3S. The fourth-order valence-electron chi connectivity index (χ4n) is 4.30. The van der Waals surface area contributed by atoms with Gasteiger partial charge in [-0.2, -0.15) is 0 Å². The predicted molar refractivity (Wildman–Crippen MR) is 130 cm³/mol. The third-order valence-corrected chi connectivity index (χ3v) is 7.19. The molecular weight excluding hydrogens is 434 g/mol. The van der Waals surface area contributed by atoms with Crippen LogP contribution in [-0.4, -0.2) is 43.1 Å². The van der Waals surface area contributed by atoms with Crippen molar-refractivity contribution in [3.05, 3.63) is 78.4 Å². The molecule has 5 rings (SSSR count). The Hall–Kier alpha value is -3.45. The summed E-state index contributed by atoms with van der Waals surface area (Å²) in [6, 6.07) is 23.2. The number of ether oxygens (including phenoxy) is 1. The van der Waals surface area contributed by atoms with Crippen molar-refractivity contribution < 1.29 is 14.3 Å². The van der Waals surface area contributed by atoms with Crippen LogP contribution >= 0.6 is 11.8 Å². The van der Waals surface area contributed by atoms with Crippen LogP contribution in [0, 0.1) is 0 Å². The van der Waals surface area contributed by atoms with E-state index in [1.54, 1.807) is 31.0 Å². The number of carbonyl (C=O) groups excluding carboxylic acids is 2. The molecule has 7 heteroatoms. The van der Waals surface area contributed by atoms with Crippen LogP contribution in [0.1, 0.15) is 23.2 Å². The number of amides is 3. The summed E-state index contributed by atoms with van der Waals surface area (Å²) < 4.78 is 5.21. The van der Waals surface area contributed by atoms with Crippen molar-refractivity contribution in [1.82, 2.24) is 10.2 Å². The number of benzene rings is 3. The Morgan fingerprint density at radius 2 is 1.55 bits per heavy atom. The molecule has 3 amide bonds. The van der Waals surface area contributed by atoms with E-state index < -0.39 is 0 Å². The van der Waals surface area contributed by atoms with Gasteiger partial charge in [0.1, 0.15) is 5.75 Å². The summed E-state index contributed by atoms with van der Waals surface area (Å²) in [6.07, 6.45) is 1.43. The molecule has 2 heterocycles. The monoisotopic (exact) mass is 459 g/mol. The minimum absolute atomic E-state index is 0.0206. The van der Waals surface area contributed by atoms with Crippen LogP contribution in [0.3, 0.4) is 0 Å². The summed E-state index contributed by atoms with van der Waals surface area (Å²) in [6.45, 7) is 1.19. The number of likely N-dealkylation sites (tertiary alicyclic amines) is 1. The lowest BCUT2D eigenvalue weighted by Crippen LogP contribution is -2.50. The number of hydrogen-bond donors (Lipinski definition) is 1. The first-order valence-corrected chi connectivity index (χ1v) is 11.9. The Labute approximate surface area is 197 Å². The number of methoxy groups -OCH3 is 1. The summed E-state index contributed by atoms with van der Waals surface area (Å²) in [4.78, 5) is 32.2. The van der Waals surface area contributed by atoms with Gasteiger partial charge in [-0.1, -0.05) is 42.1 Å². The number of nitrogens with one attached hydrogen (secondary N) is 1. The summed E-state index contributed by atoms with van der Waals surface area (Å²) in [5, 5.41) is 3.11. The second-order valence-corrected chi connectivity index (χ2v) is 9.21. The molecule has 3 aromatic rings. The molecule has 1 fully saturated rings. The van der Waals surface area contributed by atoms with Crippen LogP contribution in [0.5, 0.6) is 5.75 Å². The van der Waals surface area contributed by atoms with Gasteiger partial charge in [-0.25, -0.2) is 4.79 Å². The van der Waals surface area contributed by atoms with Gasteiger partial charge in [-0.05, 0) is 55.3 Å². The van der Waals surface area contributed by atoms with Crippen LogP contribution in [-0.2, 0) is 0 Å². The van der Waals surface area contributed by atoms with Crippen LogP contribution in [0.15, 0.2) is 82.6 Å².